The van der Waals surface area contributed by atoms with Crippen molar-refractivity contribution >= 4 is 49.6 Å². The quantitative estimate of drug-likeness (QED) is 0.150. The predicted molar refractivity (Wildman–Crippen MR) is 255 cm³/mol. The van der Waals surface area contributed by atoms with Gasteiger partial charge in [-0.2, -0.15) is 0 Å². The number of nitrogens with zero attached hydrogens (tertiary/aromatic N) is 2. The molecular weight excluding hydrogens is 725 g/mol. The van der Waals surface area contributed by atoms with E-state index in [0.29, 0.717) is 0 Å². The molecule has 11 rings (SSSR count). The number of anilines is 3. The van der Waals surface area contributed by atoms with E-state index in [1.807, 2.05) is 0 Å². The normalized spacial score (nSPS) is 11.3. The highest BCUT2D eigenvalue weighted by Gasteiger charge is 2.21. The van der Waals surface area contributed by atoms with E-state index in [4.69, 9.17) is 0 Å². The minimum atomic E-state index is 1.07. The molecule has 0 spiro atoms. The third kappa shape index (κ3) is 6.41. The van der Waals surface area contributed by atoms with Gasteiger partial charge in [-0.1, -0.05) is 182 Å². The van der Waals surface area contributed by atoms with Crippen molar-refractivity contribution in [1.82, 2.24) is 4.57 Å². The fraction of sp³-hybridized carbons (Fsp3) is 0. The lowest BCUT2D eigenvalue weighted by atomic mass is 9.95. The Morgan fingerprint density at radius 1 is 0.283 bits per heavy atom. The fourth-order valence-electron chi connectivity index (χ4n) is 8.84. The number of hydrogen-bond acceptors (Lipinski definition) is 1. The summed E-state index contributed by atoms with van der Waals surface area (Å²) in [5.41, 5.74) is 16.2. The second kappa shape index (κ2) is 15.1. The maximum atomic E-state index is 2.44. The van der Waals surface area contributed by atoms with Crippen molar-refractivity contribution in [3.63, 3.8) is 0 Å². The Labute approximate surface area is 350 Å². The van der Waals surface area contributed by atoms with Gasteiger partial charge < -0.3 is 9.47 Å². The van der Waals surface area contributed by atoms with Crippen LogP contribution in [0.2, 0.25) is 0 Å². The minimum Gasteiger partial charge on any atom is -0.310 e. The predicted octanol–water partition coefficient (Wildman–Crippen LogP) is 16.1. The van der Waals surface area contributed by atoms with Crippen molar-refractivity contribution in [2.24, 2.45) is 0 Å². The molecule has 1 heterocycles. The Balaban J connectivity index is 1.11. The maximum Gasteiger partial charge on any atom is 0.0546 e. The molecule has 0 aliphatic rings. The SMILES string of the molecule is c1ccc(-c2cccc(-c3ccc(N(c4cccc(-n5c6ccccc6c6ccccc65)c4)c4cc(-c5ccc6ccccc6c5)ccc4-c4ccccc4)cc3)c2)cc1. The van der Waals surface area contributed by atoms with Gasteiger partial charge in [0.05, 0.1) is 16.7 Å². The molecule has 0 atom stereocenters. The van der Waals surface area contributed by atoms with Gasteiger partial charge in [-0.05, 0) is 110 Å². The average molecular weight is 765 g/mol. The van der Waals surface area contributed by atoms with Crippen LogP contribution in [0.1, 0.15) is 0 Å². The molecule has 282 valence electrons. The van der Waals surface area contributed by atoms with Gasteiger partial charge in [0.15, 0.2) is 0 Å². The van der Waals surface area contributed by atoms with E-state index in [9.17, 15) is 0 Å². The standard InChI is InChI=1S/C58H40N2/c1-3-15-41(16-4-1)46-21-13-22-47(37-46)43-31-34-50(35-32-43)59(51-23-14-24-52(40-51)60-56-27-11-9-25-54(56)55-26-10-12-28-57(55)60)58-39-49(33-36-53(58)44-18-5-2-6-19-44)48-30-29-42-17-7-8-20-45(42)38-48/h1-40H. The number of rotatable bonds is 8. The first-order valence-corrected chi connectivity index (χ1v) is 20.6. The third-order valence-corrected chi connectivity index (χ3v) is 11.8. The van der Waals surface area contributed by atoms with Crippen molar-refractivity contribution in [3.8, 4) is 50.2 Å². The van der Waals surface area contributed by atoms with Crippen LogP contribution in [0.3, 0.4) is 0 Å². The minimum absolute atomic E-state index is 1.07. The Morgan fingerprint density at radius 3 is 1.52 bits per heavy atom. The van der Waals surface area contributed by atoms with Gasteiger partial charge in [-0.15, -0.1) is 0 Å². The summed E-state index contributed by atoms with van der Waals surface area (Å²) in [6, 6.07) is 88.0. The third-order valence-electron chi connectivity index (χ3n) is 11.8. The van der Waals surface area contributed by atoms with E-state index in [-0.39, 0.29) is 0 Å². The summed E-state index contributed by atoms with van der Waals surface area (Å²) in [4.78, 5) is 2.44. The van der Waals surface area contributed by atoms with Crippen molar-refractivity contribution in [2.75, 3.05) is 4.90 Å². The molecule has 0 saturated carbocycles. The molecule has 0 aliphatic carbocycles. The molecule has 60 heavy (non-hydrogen) atoms. The second-order valence-electron chi connectivity index (χ2n) is 15.4. The Hall–Kier alpha value is -7.94. The number of hydrogen-bond donors (Lipinski definition) is 0. The highest BCUT2D eigenvalue weighted by molar-refractivity contribution is 6.09. The summed E-state index contributed by atoms with van der Waals surface area (Å²) >= 11 is 0. The monoisotopic (exact) mass is 764 g/mol. The average Bonchev–Trinajstić information content (AvgIpc) is 3.67. The fourth-order valence-corrected chi connectivity index (χ4v) is 8.84. The van der Waals surface area contributed by atoms with E-state index >= 15 is 0 Å². The molecule has 2 nitrogen and oxygen atoms in total. The summed E-state index contributed by atoms with van der Waals surface area (Å²) in [6.07, 6.45) is 0. The van der Waals surface area contributed by atoms with Crippen LogP contribution in [0, 0.1) is 0 Å². The van der Waals surface area contributed by atoms with Crippen LogP contribution in [0.25, 0.3) is 82.8 Å². The van der Waals surface area contributed by atoms with Gasteiger partial charge in [0, 0.05) is 33.4 Å². The molecule has 1 aromatic heterocycles. The highest BCUT2D eigenvalue weighted by atomic mass is 15.1. The zero-order valence-corrected chi connectivity index (χ0v) is 33.0. The molecule has 0 fully saturated rings. The lowest BCUT2D eigenvalue weighted by Crippen LogP contribution is -2.12. The second-order valence-corrected chi connectivity index (χ2v) is 15.4. The van der Waals surface area contributed by atoms with E-state index in [2.05, 4.69) is 252 Å². The lowest BCUT2D eigenvalue weighted by Gasteiger charge is -2.29. The summed E-state index contributed by atoms with van der Waals surface area (Å²) in [6.45, 7) is 0. The van der Waals surface area contributed by atoms with Crippen molar-refractivity contribution in [1.29, 1.82) is 0 Å². The van der Waals surface area contributed by atoms with Crippen LogP contribution in [0.15, 0.2) is 243 Å². The molecule has 0 unspecified atom stereocenters. The van der Waals surface area contributed by atoms with Crippen molar-refractivity contribution in [2.45, 2.75) is 0 Å². The molecule has 0 aliphatic heterocycles. The largest absolute Gasteiger partial charge is 0.310 e. The topological polar surface area (TPSA) is 8.17 Å². The van der Waals surface area contributed by atoms with E-state index < -0.39 is 0 Å². The molecule has 10 aromatic carbocycles. The van der Waals surface area contributed by atoms with Gasteiger partial charge in [0.25, 0.3) is 0 Å². The summed E-state index contributed by atoms with van der Waals surface area (Å²) in [5, 5.41) is 4.96. The molecular formula is C58H40N2. The first-order valence-electron chi connectivity index (χ1n) is 20.6. The molecule has 2 heteroatoms. The van der Waals surface area contributed by atoms with Gasteiger partial charge in [-0.3, -0.25) is 0 Å². The van der Waals surface area contributed by atoms with Crippen LogP contribution in [-0.2, 0) is 0 Å². The number of benzene rings is 10. The number of aromatic nitrogens is 1. The lowest BCUT2D eigenvalue weighted by molar-refractivity contribution is 1.17. The molecule has 0 bridgehead atoms. The van der Waals surface area contributed by atoms with Crippen LogP contribution in [-0.4, -0.2) is 4.57 Å². The highest BCUT2D eigenvalue weighted by Crippen LogP contribution is 2.45. The van der Waals surface area contributed by atoms with Crippen LogP contribution in [0.4, 0.5) is 17.1 Å². The molecule has 0 radical (unpaired) electrons. The van der Waals surface area contributed by atoms with E-state index in [1.165, 1.54) is 60.4 Å². The van der Waals surface area contributed by atoms with Gasteiger partial charge in [-0.25, -0.2) is 0 Å². The smallest absolute Gasteiger partial charge is 0.0546 e. The first kappa shape index (κ1) is 35.2. The number of fused-ring (bicyclic) bond motifs is 4. The first-order chi connectivity index (χ1) is 29.7. The van der Waals surface area contributed by atoms with Gasteiger partial charge >= 0.3 is 0 Å². The molecule has 0 saturated heterocycles. The van der Waals surface area contributed by atoms with Gasteiger partial charge in [0.1, 0.15) is 0 Å². The van der Waals surface area contributed by atoms with Crippen molar-refractivity contribution in [3.05, 3.63) is 243 Å². The zero-order chi connectivity index (χ0) is 39.8. The number of para-hydroxylation sites is 2. The maximum absolute atomic E-state index is 2.44. The summed E-state index contributed by atoms with van der Waals surface area (Å²) in [5.74, 6) is 0. The van der Waals surface area contributed by atoms with Gasteiger partial charge in [0.2, 0.25) is 0 Å². The van der Waals surface area contributed by atoms with E-state index in [0.717, 1.165) is 39.4 Å². The van der Waals surface area contributed by atoms with Crippen LogP contribution in [0.5, 0.6) is 0 Å². The summed E-state index contributed by atoms with van der Waals surface area (Å²) < 4.78 is 2.40. The molecule has 0 amide bonds. The zero-order valence-electron chi connectivity index (χ0n) is 33.0. The van der Waals surface area contributed by atoms with Crippen molar-refractivity contribution < 1.29 is 0 Å². The van der Waals surface area contributed by atoms with Crippen LogP contribution >= 0.6 is 0 Å². The molecule has 11 aromatic rings. The Morgan fingerprint density at radius 2 is 0.800 bits per heavy atom. The van der Waals surface area contributed by atoms with Crippen LogP contribution < -0.4 is 4.90 Å². The molecule has 0 N–H and O–H groups in total. The Kier molecular flexibility index (Phi) is 8.87. The van der Waals surface area contributed by atoms with E-state index in [1.54, 1.807) is 0 Å². The Bertz CT molecular complexity index is 3250. The summed E-state index contributed by atoms with van der Waals surface area (Å²) in [7, 11) is 0.